The van der Waals surface area contributed by atoms with Gasteiger partial charge in [0.15, 0.2) is 0 Å². The van der Waals surface area contributed by atoms with Crippen LogP contribution in [0.5, 0.6) is 5.75 Å². The third-order valence-corrected chi connectivity index (χ3v) is 2.79. The summed E-state index contributed by atoms with van der Waals surface area (Å²) in [6.07, 6.45) is 0.938. The maximum atomic E-state index is 9.48. The summed E-state index contributed by atoms with van der Waals surface area (Å²) >= 11 is 0. The van der Waals surface area contributed by atoms with Crippen molar-refractivity contribution < 1.29 is 5.11 Å². The van der Waals surface area contributed by atoms with Crippen LogP contribution in [0.1, 0.15) is 18.1 Å². The van der Waals surface area contributed by atoms with Crippen molar-refractivity contribution in [2.24, 2.45) is 5.73 Å². The highest BCUT2D eigenvalue weighted by atomic mass is 16.3. The fourth-order valence-electron chi connectivity index (χ4n) is 2.02. The zero-order valence-electron chi connectivity index (χ0n) is 8.83. The molecule has 2 rings (SSSR count). The summed E-state index contributed by atoms with van der Waals surface area (Å²) < 4.78 is 0. The van der Waals surface area contributed by atoms with E-state index in [9.17, 15) is 5.11 Å². The molecule has 2 heteroatoms. The van der Waals surface area contributed by atoms with Crippen molar-refractivity contribution in [3.8, 4) is 5.75 Å². The van der Waals surface area contributed by atoms with Crippen molar-refractivity contribution in [1.29, 1.82) is 0 Å². The lowest BCUT2D eigenvalue weighted by Crippen LogP contribution is -2.01. The van der Waals surface area contributed by atoms with Crippen LogP contribution in [-0.2, 0) is 13.0 Å². The molecule has 0 saturated heterocycles. The minimum atomic E-state index is 0.311. The van der Waals surface area contributed by atoms with E-state index in [1.807, 2.05) is 12.1 Å². The number of aromatic hydroxyl groups is 1. The lowest BCUT2D eigenvalue weighted by Gasteiger charge is -2.10. The van der Waals surface area contributed by atoms with Gasteiger partial charge in [-0.2, -0.15) is 0 Å². The normalized spacial score (nSPS) is 10.8. The second-order valence-electron chi connectivity index (χ2n) is 3.67. The standard InChI is InChI=1S/C13H15NO/c1-2-12-10(8-14)4-3-9-5-6-11(15)7-13(9)12/h3-7,15H,2,8,14H2,1H3. The lowest BCUT2D eigenvalue weighted by atomic mass is 9.97. The van der Waals surface area contributed by atoms with Crippen molar-refractivity contribution in [3.63, 3.8) is 0 Å². The van der Waals surface area contributed by atoms with E-state index in [0.717, 1.165) is 22.8 Å². The molecule has 0 unspecified atom stereocenters. The average Bonchev–Trinajstić information content (AvgIpc) is 2.27. The van der Waals surface area contributed by atoms with Crippen LogP contribution in [0.4, 0.5) is 0 Å². The largest absolute Gasteiger partial charge is 0.508 e. The molecule has 0 fully saturated rings. The monoisotopic (exact) mass is 201 g/mol. The van der Waals surface area contributed by atoms with E-state index in [-0.39, 0.29) is 0 Å². The van der Waals surface area contributed by atoms with E-state index in [2.05, 4.69) is 19.1 Å². The molecule has 3 N–H and O–H groups in total. The Kier molecular flexibility index (Phi) is 2.60. The van der Waals surface area contributed by atoms with Gasteiger partial charge in [-0.15, -0.1) is 0 Å². The van der Waals surface area contributed by atoms with E-state index in [1.54, 1.807) is 6.07 Å². The van der Waals surface area contributed by atoms with Gasteiger partial charge in [0.25, 0.3) is 0 Å². The zero-order chi connectivity index (χ0) is 10.8. The van der Waals surface area contributed by atoms with E-state index in [1.165, 1.54) is 5.56 Å². The molecule has 0 amide bonds. The Hall–Kier alpha value is -1.54. The highest BCUT2D eigenvalue weighted by Gasteiger charge is 2.05. The molecule has 0 spiro atoms. The number of phenols is 1. The summed E-state index contributed by atoms with van der Waals surface area (Å²) in [6.45, 7) is 2.66. The number of hydrogen-bond acceptors (Lipinski definition) is 2. The van der Waals surface area contributed by atoms with Crippen LogP contribution in [0.25, 0.3) is 10.8 Å². The molecule has 0 atom stereocenters. The molecule has 78 valence electrons. The van der Waals surface area contributed by atoms with E-state index < -0.39 is 0 Å². The molecule has 0 heterocycles. The molecule has 0 aliphatic carbocycles. The molecular weight excluding hydrogens is 186 g/mol. The first-order chi connectivity index (χ1) is 7.26. The van der Waals surface area contributed by atoms with Gasteiger partial charge >= 0.3 is 0 Å². The van der Waals surface area contributed by atoms with Gasteiger partial charge in [-0.25, -0.2) is 0 Å². The topological polar surface area (TPSA) is 46.2 Å². The first-order valence-electron chi connectivity index (χ1n) is 5.19. The number of fused-ring (bicyclic) bond motifs is 1. The summed E-state index contributed by atoms with van der Waals surface area (Å²) in [7, 11) is 0. The first kappa shape index (κ1) is 9.99. The van der Waals surface area contributed by atoms with Crippen LogP contribution < -0.4 is 5.73 Å². The number of benzene rings is 2. The van der Waals surface area contributed by atoms with Crippen LogP contribution in [-0.4, -0.2) is 5.11 Å². The molecule has 0 bridgehead atoms. The lowest BCUT2D eigenvalue weighted by molar-refractivity contribution is 0.476. The van der Waals surface area contributed by atoms with Crippen molar-refractivity contribution in [2.75, 3.05) is 0 Å². The van der Waals surface area contributed by atoms with Crippen LogP contribution in [0.15, 0.2) is 30.3 Å². The van der Waals surface area contributed by atoms with Gasteiger partial charge in [-0.05, 0) is 40.5 Å². The third-order valence-electron chi connectivity index (χ3n) is 2.79. The Balaban J connectivity index is 2.79. The Morgan fingerprint density at radius 2 is 1.93 bits per heavy atom. The van der Waals surface area contributed by atoms with Gasteiger partial charge in [-0.1, -0.05) is 25.1 Å². The third kappa shape index (κ3) is 1.68. The van der Waals surface area contributed by atoms with E-state index in [4.69, 9.17) is 5.73 Å². The highest BCUT2D eigenvalue weighted by Crippen LogP contribution is 2.26. The summed E-state index contributed by atoms with van der Waals surface area (Å²) in [6, 6.07) is 9.58. The minimum Gasteiger partial charge on any atom is -0.508 e. The molecule has 15 heavy (non-hydrogen) atoms. The predicted octanol–water partition coefficient (Wildman–Crippen LogP) is 2.57. The van der Waals surface area contributed by atoms with Gasteiger partial charge < -0.3 is 10.8 Å². The number of nitrogens with two attached hydrogens (primary N) is 1. The van der Waals surface area contributed by atoms with Crippen LogP contribution in [0, 0.1) is 0 Å². The Morgan fingerprint density at radius 3 is 2.60 bits per heavy atom. The van der Waals surface area contributed by atoms with Crippen molar-refractivity contribution in [1.82, 2.24) is 0 Å². The minimum absolute atomic E-state index is 0.311. The molecule has 0 aromatic heterocycles. The Bertz CT molecular complexity index is 491. The fourth-order valence-corrected chi connectivity index (χ4v) is 2.02. The van der Waals surface area contributed by atoms with E-state index >= 15 is 0 Å². The number of hydrogen-bond donors (Lipinski definition) is 2. The summed E-state index contributed by atoms with van der Waals surface area (Å²) in [4.78, 5) is 0. The van der Waals surface area contributed by atoms with Crippen LogP contribution in [0.2, 0.25) is 0 Å². The molecule has 0 saturated carbocycles. The zero-order valence-corrected chi connectivity index (χ0v) is 8.83. The van der Waals surface area contributed by atoms with Crippen LogP contribution in [0.3, 0.4) is 0 Å². The molecule has 2 aromatic rings. The molecular formula is C13H15NO. The van der Waals surface area contributed by atoms with Crippen molar-refractivity contribution in [2.45, 2.75) is 19.9 Å². The molecule has 0 aliphatic rings. The maximum absolute atomic E-state index is 9.48. The van der Waals surface area contributed by atoms with Gasteiger partial charge in [-0.3, -0.25) is 0 Å². The Morgan fingerprint density at radius 1 is 1.20 bits per heavy atom. The molecule has 2 nitrogen and oxygen atoms in total. The van der Waals surface area contributed by atoms with Crippen LogP contribution >= 0.6 is 0 Å². The van der Waals surface area contributed by atoms with Gasteiger partial charge in [0.2, 0.25) is 0 Å². The molecule has 0 aliphatic heterocycles. The summed E-state index contributed by atoms with van der Waals surface area (Å²) in [5, 5.41) is 11.7. The van der Waals surface area contributed by atoms with Gasteiger partial charge in [0.1, 0.15) is 5.75 Å². The Labute approximate surface area is 89.3 Å². The quantitative estimate of drug-likeness (QED) is 0.784. The molecule has 0 radical (unpaired) electrons. The average molecular weight is 201 g/mol. The van der Waals surface area contributed by atoms with Crippen molar-refractivity contribution >= 4 is 10.8 Å². The summed E-state index contributed by atoms with van der Waals surface area (Å²) in [5.41, 5.74) is 8.10. The SMILES string of the molecule is CCc1c(CN)ccc2ccc(O)cc12. The second kappa shape index (κ2) is 3.91. The fraction of sp³-hybridized carbons (Fsp3) is 0.231. The number of aryl methyl sites for hydroxylation is 1. The smallest absolute Gasteiger partial charge is 0.116 e. The summed E-state index contributed by atoms with van der Waals surface area (Å²) in [5.74, 6) is 0.311. The first-order valence-corrected chi connectivity index (χ1v) is 5.19. The highest BCUT2D eigenvalue weighted by molar-refractivity contribution is 5.88. The van der Waals surface area contributed by atoms with Gasteiger partial charge in [0.05, 0.1) is 0 Å². The van der Waals surface area contributed by atoms with Crippen molar-refractivity contribution in [3.05, 3.63) is 41.5 Å². The predicted molar refractivity (Wildman–Crippen MR) is 62.9 cm³/mol. The molecule has 2 aromatic carbocycles. The maximum Gasteiger partial charge on any atom is 0.116 e. The van der Waals surface area contributed by atoms with Gasteiger partial charge in [0, 0.05) is 6.54 Å². The second-order valence-corrected chi connectivity index (χ2v) is 3.67. The number of rotatable bonds is 2. The number of phenolic OH excluding ortho intramolecular Hbond substituents is 1. The van der Waals surface area contributed by atoms with E-state index in [0.29, 0.717) is 12.3 Å².